The van der Waals surface area contributed by atoms with Crippen molar-refractivity contribution in [3.63, 3.8) is 0 Å². The van der Waals surface area contributed by atoms with Crippen molar-refractivity contribution >= 4 is 8.07 Å². The zero-order valence-corrected chi connectivity index (χ0v) is 17.7. The number of hydrogen-bond acceptors (Lipinski definition) is 0. The standard InChI is InChI=1S/C10H15Si.C5H5.2ClH.Hf/c1-9-4-5-10(8-9)11(2)6-3-7-11;1-2-4-5-3-1;;;/h4-5,8H,3,6-7H2,1-2H3;1-3H,4H2;2*1H;/q;;;;+2/p-2. The molecule has 0 aromatic heterocycles. The van der Waals surface area contributed by atoms with Crippen LogP contribution in [-0.4, -0.2) is 8.07 Å². The van der Waals surface area contributed by atoms with E-state index in [4.69, 9.17) is 0 Å². The summed E-state index contributed by atoms with van der Waals surface area (Å²) < 4.78 is 2.29. The van der Waals surface area contributed by atoms with Gasteiger partial charge in [0.05, 0.1) is 0 Å². The van der Waals surface area contributed by atoms with Crippen LogP contribution in [0.3, 0.4) is 0 Å². The van der Waals surface area contributed by atoms with E-state index in [0.717, 1.165) is 0 Å². The molecule has 0 N–H and O–H groups in total. The van der Waals surface area contributed by atoms with Gasteiger partial charge in [-0.3, -0.25) is 0 Å². The minimum absolute atomic E-state index is 0. The average molecular weight is 478 g/mol. The van der Waals surface area contributed by atoms with Gasteiger partial charge in [0.2, 0.25) is 0 Å². The molecule has 0 radical (unpaired) electrons. The predicted octanol–water partition coefficient (Wildman–Crippen LogP) is -1.38. The van der Waals surface area contributed by atoms with Gasteiger partial charge in [0, 0.05) is 0 Å². The minimum Gasteiger partial charge on any atom is -1.00 e. The topological polar surface area (TPSA) is 0 Å². The summed E-state index contributed by atoms with van der Waals surface area (Å²) >= 11 is -0.692. The van der Waals surface area contributed by atoms with Crippen LogP contribution in [0.25, 0.3) is 0 Å². The normalized spacial score (nSPS) is 29.6. The third-order valence-electron chi connectivity index (χ3n) is 4.42. The van der Waals surface area contributed by atoms with E-state index in [1.54, 1.807) is 8.53 Å². The van der Waals surface area contributed by atoms with Crippen LogP contribution in [0, 0.1) is 0 Å². The number of halogens is 2. The molecular weight excluding hydrogens is 458 g/mol. The molecular formula is C15H20Cl2HfSi. The molecule has 1 saturated heterocycles. The van der Waals surface area contributed by atoms with Crippen LogP contribution >= 0.6 is 0 Å². The molecule has 0 bridgehead atoms. The monoisotopic (exact) mass is 478 g/mol. The Morgan fingerprint density at radius 3 is 2.53 bits per heavy atom. The van der Waals surface area contributed by atoms with Crippen LogP contribution in [0.1, 0.15) is 19.8 Å². The summed E-state index contributed by atoms with van der Waals surface area (Å²) in [6.07, 6.45) is 17.4. The largest absolute Gasteiger partial charge is 1.00 e. The molecule has 4 heteroatoms. The quantitative estimate of drug-likeness (QED) is 0.440. The van der Waals surface area contributed by atoms with Crippen LogP contribution in [0.5, 0.6) is 0 Å². The van der Waals surface area contributed by atoms with Gasteiger partial charge in [-0.15, -0.1) is 0 Å². The molecule has 0 amide bonds. The molecule has 0 nitrogen and oxygen atoms in total. The zero-order chi connectivity index (χ0) is 11.9. The first-order valence-corrected chi connectivity index (χ1v) is 13.2. The Bertz CT molecular complexity index is 461. The SMILES string of the molecule is C[C]1([Hf+2][C]2=CC=CC2)C=CC([Si]2(C)CCC2)=C1.[Cl-].[Cl-]. The molecule has 3 rings (SSSR count). The Hall–Kier alpha value is 0.627. The summed E-state index contributed by atoms with van der Waals surface area (Å²) in [4.78, 5) is 0. The van der Waals surface area contributed by atoms with Crippen molar-refractivity contribution in [3.8, 4) is 0 Å². The van der Waals surface area contributed by atoms with Crippen molar-refractivity contribution in [1.29, 1.82) is 0 Å². The first kappa shape index (κ1) is 17.7. The fourth-order valence-corrected chi connectivity index (χ4v) is 12.0. The van der Waals surface area contributed by atoms with Gasteiger partial charge in [0.1, 0.15) is 0 Å². The Morgan fingerprint density at radius 1 is 1.26 bits per heavy atom. The maximum Gasteiger partial charge on any atom is -1.00 e. The van der Waals surface area contributed by atoms with E-state index in [1.165, 1.54) is 24.9 Å². The van der Waals surface area contributed by atoms with E-state index in [9.17, 15) is 0 Å². The first-order valence-electron chi connectivity index (χ1n) is 6.66. The molecule has 2 aliphatic carbocycles. The molecule has 1 fully saturated rings. The van der Waals surface area contributed by atoms with Crippen LogP contribution in [-0.2, 0) is 22.9 Å². The number of allylic oxidation sites excluding steroid dienone is 8. The minimum atomic E-state index is -0.938. The van der Waals surface area contributed by atoms with Crippen LogP contribution < -0.4 is 24.8 Å². The summed E-state index contributed by atoms with van der Waals surface area (Å²) in [6, 6.07) is 3.08. The number of rotatable bonds is 3. The van der Waals surface area contributed by atoms with Gasteiger partial charge in [-0.25, -0.2) is 0 Å². The second-order valence-electron chi connectivity index (χ2n) is 6.08. The van der Waals surface area contributed by atoms with Crippen molar-refractivity contribution in [1.82, 2.24) is 0 Å². The maximum absolute atomic E-state index is 2.68. The average Bonchev–Trinajstić information content (AvgIpc) is 2.85. The Kier molecular flexibility index (Phi) is 6.13. The van der Waals surface area contributed by atoms with E-state index < -0.39 is 31.0 Å². The molecule has 1 aliphatic heterocycles. The second-order valence-corrected chi connectivity index (χ2v) is 17.9. The second kappa shape index (κ2) is 6.59. The van der Waals surface area contributed by atoms with Gasteiger partial charge in [0.15, 0.2) is 0 Å². The molecule has 1 unspecified atom stereocenters. The Balaban J connectivity index is 0.000000902. The molecule has 19 heavy (non-hydrogen) atoms. The summed E-state index contributed by atoms with van der Waals surface area (Å²) in [6.45, 7) is 5.07. The molecule has 0 saturated carbocycles. The third kappa shape index (κ3) is 3.64. The fraction of sp³-hybridized carbons (Fsp3) is 0.467. The fourth-order valence-electron chi connectivity index (χ4n) is 3.02. The predicted molar refractivity (Wildman–Crippen MR) is 73.3 cm³/mol. The molecule has 1 heterocycles. The summed E-state index contributed by atoms with van der Waals surface area (Å²) in [5, 5.41) is 1.78. The van der Waals surface area contributed by atoms with E-state index >= 15 is 0 Å². The van der Waals surface area contributed by atoms with E-state index in [-0.39, 0.29) is 24.8 Å². The molecule has 3 aliphatic rings. The van der Waals surface area contributed by atoms with Gasteiger partial charge >= 0.3 is 118 Å². The maximum atomic E-state index is 2.68. The van der Waals surface area contributed by atoms with Gasteiger partial charge in [-0.2, -0.15) is 0 Å². The molecule has 102 valence electrons. The van der Waals surface area contributed by atoms with Crippen molar-refractivity contribution in [2.75, 3.05) is 0 Å². The number of hydrogen-bond donors (Lipinski definition) is 0. The molecule has 0 spiro atoms. The third-order valence-corrected chi connectivity index (χ3v) is 14.6. The first-order chi connectivity index (χ1) is 8.10. The summed E-state index contributed by atoms with van der Waals surface area (Å²) in [5.74, 6) is 0. The van der Waals surface area contributed by atoms with Crippen molar-refractivity contribution in [2.45, 2.75) is 41.6 Å². The van der Waals surface area contributed by atoms with Crippen molar-refractivity contribution in [3.05, 3.63) is 45.0 Å². The van der Waals surface area contributed by atoms with Crippen molar-refractivity contribution < 1.29 is 47.7 Å². The summed E-state index contributed by atoms with van der Waals surface area (Å²) in [7, 11) is -0.938. The van der Waals surface area contributed by atoms with Crippen molar-refractivity contribution in [2.24, 2.45) is 0 Å². The van der Waals surface area contributed by atoms with Crippen LogP contribution in [0.15, 0.2) is 45.0 Å². The Morgan fingerprint density at radius 2 is 2.00 bits per heavy atom. The Labute approximate surface area is 141 Å². The van der Waals surface area contributed by atoms with Gasteiger partial charge < -0.3 is 24.8 Å². The van der Waals surface area contributed by atoms with Gasteiger partial charge in [-0.05, 0) is 0 Å². The van der Waals surface area contributed by atoms with E-state index in [1.807, 2.05) is 0 Å². The molecule has 0 aromatic carbocycles. The van der Waals surface area contributed by atoms with E-state index in [0.29, 0.717) is 3.17 Å². The zero-order valence-electron chi connectivity index (χ0n) is 11.5. The van der Waals surface area contributed by atoms with Crippen LogP contribution in [0.2, 0.25) is 21.8 Å². The van der Waals surface area contributed by atoms with Gasteiger partial charge in [-0.1, -0.05) is 0 Å². The molecule has 0 aromatic rings. The van der Waals surface area contributed by atoms with E-state index in [2.05, 4.69) is 49.9 Å². The molecule has 1 atom stereocenters. The summed E-state index contributed by atoms with van der Waals surface area (Å²) in [5.41, 5.74) is 0. The van der Waals surface area contributed by atoms with Gasteiger partial charge in [0.25, 0.3) is 0 Å². The van der Waals surface area contributed by atoms with Crippen LogP contribution in [0.4, 0.5) is 0 Å². The smallest absolute Gasteiger partial charge is 1.00 e.